The second-order valence-electron chi connectivity index (χ2n) is 5.17. The summed E-state index contributed by atoms with van der Waals surface area (Å²) in [4.78, 5) is 14.0. The van der Waals surface area contributed by atoms with Crippen LogP contribution in [0.25, 0.3) is 0 Å². The number of carbonyl (C=O) groups excluding carboxylic acids is 1. The number of piperidine rings is 1. The van der Waals surface area contributed by atoms with Crippen molar-refractivity contribution in [2.24, 2.45) is 5.92 Å². The second-order valence-corrected chi connectivity index (χ2v) is 5.60. The Morgan fingerprint density at radius 3 is 2.75 bits per heavy atom. The molecule has 0 radical (unpaired) electrons. The number of hydrogen-bond acceptors (Lipinski definition) is 2. The molecule has 1 amide bonds. The highest BCUT2D eigenvalue weighted by Gasteiger charge is 2.25. The summed E-state index contributed by atoms with van der Waals surface area (Å²) in [7, 11) is 0. The van der Waals surface area contributed by atoms with Gasteiger partial charge in [-0.2, -0.15) is 0 Å². The molecule has 1 saturated heterocycles. The third kappa shape index (κ3) is 3.70. The smallest absolute Gasteiger partial charge is 0.256 e. The van der Waals surface area contributed by atoms with Crippen LogP contribution in [0.5, 0.6) is 0 Å². The lowest BCUT2D eigenvalue weighted by Gasteiger charge is -2.32. The van der Waals surface area contributed by atoms with Crippen molar-refractivity contribution in [3.05, 3.63) is 34.6 Å². The Kier molecular flexibility index (Phi) is 5.38. The molecule has 0 unspecified atom stereocenters. The summed E-state index contributed by atoms with van der Waals surface area (Å²) in [5.41, 5.74) is 0.111. The van der Waals surface area contributed by atoms with E-state index in [-0.39, 0.29) is 11.5 Å². The molecule has 0 spiro atoms. The van der Waals surface area contributed by atoms with Gasteiger partial charge in [0.05, 0.1) is 5.56 Å². The van der Waals surface area contributed by atoms with E-state index < -0.39 is 5.82 Å². The molecule has 0 aliphatic carbocycles. The van der Waals surface area contributed by atoms with Gasteiger partial charge in [-0.1, -0.05) is 18.5 Å². The van der Waals surface area contributed by atoms with Gasteiger partial charge < -0.3 is 10.2 Å². The monoisotopic (exact) mass is 298 g/mol. The molecule has 1 fully saturated rings. The average Bonchev–Trinajstić information content (AvgIpc) is 2.45. The van der Waals surface area contributed by atoms with Gasteiger partial charge in [0, 0.05) is 18.1 Å². The average molecular weight is 299 g/mol. The Bertz CT molecular complexity index is 473. The molecule has 1 aliphatic heterocycles. The van der Waals surface area contributed by atoms with Crippen LogP contribution >= 0.6 is 11.6 Å². The molecule has 3 nitrogen and oxygen atoms in total. The van der Waals surface area contributed by atoms with E-state index in [0.717, 1.165) is 25.9 Å². The SMILES string of the molecule is CCNCC1CCN(C(=O)c2ccc(Cl)cc2F)CC1. The number of hydrogen-bond donors (Lipinski definition) is 1. The summed E-state index contributed by atoms with van der Waals surface area (Å²) in [6.07, 6.45) is 1.93. The van der Waals surface area contributed by atoms with Gasteiger partial charge in [0.2, 0.25) is 0 Å². The van der Waals surface area contributed by atoms with E-state index in [4.69, 9.17) is 11.6 Å². The maximum Gasteiger partial charge on any atom is 0.256 e. The topological polar surface area (TPSA) is 32.3 Å². The van der Waals surface area contributed by atoms with Crippen LogP contribution < -0.4 is 5.32 Å². The van der Waals surface area contributed by atoms with Crippen molar-refractivity contribution in [2.45, 2.75) is 19.8 Å². The van der Waals surface area contributed by atoms with E-state index in [1.165, 1.54) is 12.1 Å². The highest BCUT2D eigenvalue weighted by molar-refractivity contribution is 6.30. The van der Waals surface area contributed by atoms with Crippen LogP contribution in [0.2, 0.25) is 5.02 Å². The summed E-state index contributed by atoms with van der Waals surface area (Å²) >= 11 is 5.70. The largest absolute Gasteiger partial charge is 0.339 e. The zero-order chi connectivity index (χ0) is 14.5. The van der Waals surface area contributed by atoms with Crippen molar-refractivity contribution in [3.8, 4) is 0 Å². The van der Waals surface area contributed by atoms with Gasteiger partial charge in [-0.15, -0.1) is 0 Å². The number of amides is 1. The lowest BCUT2D eigenvalue weighted by atomic mass is 9.96. The van der Waals surface area contributed by atoms with Gasteiger partial charge in [0.15, 0.2) is 0 Å². The Hall–Kier alpha value is -1.13. The van der Waals surface area contributed by atoms with Gasteiger partial charge in [0.1, 0.15) is 5.82 Å². The molecule has 1 aliphatic rings. The molecule has 20 heavy (non-hydrogen) atoms. The number of nitrogens with one attached hydrogen (secondary N) is 1. The van der Waals surface area contributed by atoms with Crippen LogP contribution in [-0.4, -0.2) is 37.0 Å². The van der Waals surface area contributed by atoms with Gasteiger partial charge in [-0.05, 0) is 50.0 Å². The number of rotatable bonds is 4. The summed E-state index contributed by atoms with van der Waals surface area (Å²) in [6, 6.07) is 4.20. The van der Waals surface area contributed by atoms with Crippen molar-refractivity contribution >= 4 is 17.5 Å². The fourth-order valence-electron chi connectivity index (χ4n) is 2.52. The van der Waals surface area contributed by atoms with Crippen LogP contribution in [0.4, 0.5) is 4.39 Å². The second kappa shape index (κ2) is 7.04. The molecular weight excluding hydrogens is 279 g/mol. The predicted octanol–water partition coefficient (Wildman–Crippen LogP) is 2.94. The molecule has 5 heteroatoms. The molecule has 1 aromatic rings. The number of carbonyl (C=O) groups is 1. The van der Waals surface area contributed by atoms with Crippen LogP contribution in [0.3, 0.4) is 0 Å². The molecule has 0 aromatic heterocycles. The maximum atomic E-state index is 13.8. The first-order chi connectivity index (χ1) is 9.61. The lowest BCUT2D eigenvalue weighted by Crippen LogP contribution is -2.41. The van der Waals surface area contributed by atoms with Crippen LogP contribution in [0.1, 0.15) is 30.1 Å². The summed E-state index contributed by atoms with van der Waals surface area (Å²) in [5.74, 6) is -0.174. The number of likely N-dealkylation sites (tertiary alicyclic amines) is 1. The summed E-state index contributed by atoms with van der Waals surface area (Å²) in [6.45, 7) is 5.43. The first-order valence-corrected chi connectivity index (χ1v) is 7.44. The van der Waals surface area contributed by atoms with E-state index in [1.54, 1.807) is 11.0 Å². The molecule has 1 aromatic carbocycles. The van der Waals surface area contributed by atoms with Crippen LogP contribution in [0.15, 0.2) is 18.2 Å². The lowest BCUT2D eigenvalue weighted by molar-refractivity contribution is 0.0685. The molecule has 0 saturated carbocycles. The zero-order valence-electron chi connectivity index (χ0n) is 11.7. The van der Waals surface area contributed by atoms with Crippen molar-refractivity contribution in [2.75, 3.05) is 26.2 Å². The molecular formula is C15H20ClFN2O. The molecule has 2 rings (SSSR count). The maximum absolute atomic E-state index is 13.8. The minimum Gasteiger partial charge on any atom is -0.339 e. The zero-order valence-corrected chi connectivity index (χ0v) is 12.4. The van der Waals surface area contributed by atoms with Gasteiger partial charge >= 0.3 is 0 Å². The Morgan fingerprint density at radius 2 is 2.15 bits per heavy atom. The highest BCUT2D eigenvalue weighted by atomic mass is 35.5. The van der Waals surface area contributed by atoms with Crippen molar-refractivity contribution in [1.82, 2.24) is 10.2 Å². The Labute approximate surface area is 124 Å². The molecule has 0 bridgehead atoms. The van der Waals surface area contributed by atoms with Gasteiger partial charge in [0.25, 0.3) is 5.91 Å². The van der Waals surface area contributed by atoms with E-state index in [0.29, 0.717) is 24.0 Å². The van der Waals surface area contributed by atoms with E-state index in [2.05, 4.69) is 12.2 Å². The van der Waals surface area contributed by atoms with Gasteiger partial charge in [-0.3, -0.25) is 4.79 Å². The number of halogens is 2. The molecule has 1 N–H and O–H groups in total. The molecule has 0 atom stereocenters. The number of benzene rings is 1. The number of nitrogens with zero attached hydrogens (tertiary/aromatic N) is 1. The third-order valence-corrected chi connectivity index (χ3v) is 3.98. The van der Waals surface area contributed by atoms with Crippen molar-refractivity contribution in [1.29, 1.82) is 0 Å². The first kappa shape index (κ1) is 15.3. The standard InChI is InChI=1S/C15H20ClFN2O/c1-2-18-10-11-5-7-19(8-6-11)15(20)13-4-3-12(16)9-14(13)17/h3-4,9,11,18H,2,5-8,10H2,1H3. The minimum absolute atomic E-state index is 0.111. The van der Waals surface area contributed by atoms with Crippen molar-refractivity contribution < 1.29 is 9.18 Å². The first-order valence-electron chi connectivity index (χ1n) is 7.07. The third-order valence-electron chi connectivity index (χ3n) is 3.75. The van der Waals surface area contributed by atoms with Crippen LogP contribution in [0, 0.1) is 11.7 Å². The van der Waals surface area contributed by atoms with E-state index in [1.807, 2.05) is 0 Å². The van der Waals surface area contributed by atoms with E-state index in [9.17, 15) is 9.18 Å². The fourth-order valence-corrected chi connectivity index (χ4v) is 2.68. The minimum atomic E-state index is -0.544. The summed E-state index contributed by atoms with van der Waals surface area (Å²) in [5, 5.41) is 3.64. The fraction of sp³-hybridized carbons (Fsp3) is 0.533. The van der Waals surface area contributed by atoms with Crippen LogP contribution in [-0.2, 0) is 0 Å². The quantitative estimate of drug-likeness (QED) is 0.927. The molecule has 110 valence electrons. The van der Waals surface area contributed by atoms with E-state index >= 15 is 0 Å². The Balaban J connectivity index is 1.94. The normalized spacial score (nSPS) is 16.4. The predicted molar refractivity (Wildman–Crippen MR) is 78.6 cm³/mol. The van der Waals surface area contributed by atoms with Crippen molar-refractivity contribution in [3.63, 3.8) is 0 Å². The summed E-state index contributed by atoms with van der Waals surface area (Å²) < 4.78 is 13.8. The Morgan fingerprint density at radius 1 is 1.45 bits per heavy atom. The molecule has 1 heterocycles. The van der Waals surface area contributed by atoms with Gasteiger partial charge in [-0.25, -0.2) is 4.39 Å². The highest BCUT2D eigenvalue weighted by Crippen LogP contribution is 2.21.